The maximum atomic E-state index is 13.0. The Morgan fingerprint density at radius 1 is 1.00 bits per heavy atom. The van der Waals surface area contributed by atoms with E-state index in [1.165, 1.54) is 6.42 Å². The first-order valence-electron chi connectivity index (χ1n) is 6.57. The highest BCUT2D eigenvalue weighted by Crippen LogP contribution is 2.55. The minimum Gasteiger partial charge on any atom is -0.262 e. The molecule has 0 aromatic rings. The molecule has 0 aliphatic heterocycles. The highest BCUT2D eigenvalue weighted by atomic mass is 32.2. The SMILES string of the molecule is CC(F)(F)S(=O)(=O)OC1C2CC3CC(C2)CC1C3. The summed E-state index contributed by atoms with van der Waals surface area (Å²) >= 11 is 0. The second-order valence-electron chi connectivity index (χ2n) is 6.25. The summed E-state index contributed by atoms with van der Waals surface area (Å²) in [6, 6.07) is 0. The molecule has 0 aromatic heterocycles. The molecule has 18 heavy (non-hydrogen) atoms. The van der Waals surface area contributed by atoms with E-state index in [9.17, 15) is 17.2 Å². The lowest BCUT2D eigenvalue weighted by molar-refractivity contribution is -0.0814. The summed E-state index contributed by atoms with van der Waals surface area (Å²) in [6.07, 6.45) is 4.51. The van der Waals surface area contributed by atoms with Crippen molar-refractivity contribution in [2.45, 2.75) is 50.4 Å². The van der Waals surface area contributed by atoms with Gasteiger partial charge in [-0.1, -0.05) is 0 Å². The number of hydrogen-bond acceptors (Lipinski definition) is 3. The van der Waals surface area contributed by atoms with Crippen LogP contribution in [0, 0.1) is 23.7 Å². The maximum Gasteiger partial charge on any atom is 0.367 e. The van der Waals surface area contributed by atoms with Crippen molar-refractivity contribution in [3.8, 4) is 0 Å². The van der Waals surface area contributed by atoms with Gasteiger partial charge in [-0.25, -0.2) is 0 Å². The predicted molar refractivity (Wildman–Crippen MR) is 61.5 cm³/mol. The largest absolute Gasteiger partial charge is 0.367 e. The summed E-state index contributed by atoms with van der Waals surface area (Å²) < 4.78 is 53.9. The molecule has 4 rings (SSSR count). The fraction of sp³-hybridized carbons (Fsp3) is 1.00. The molecule has 104 valence electrons. The van der Waals surface area contributed by atoms with Crippen LogP contribution in [-0.2, 0) is 14.3 Å². The van der Waals surface area contributed by atoms with Gasteiger partial charge in [0.05, 0.1) is 6.10 Å². The molecular formula is C12H18F2O3S. The van der Waals surface area contributed by atoms with Crippen molar-refractivity contribution in [2.75, 3.05) is 0 Å². The molecule has 0 amide bonds. The Morgan fingerprint density at radius 2 is 1.44 bits per heavy atom. The third kappa shape index (κ3) is 1.97. The van der Waals surface area contributed by atoms with Crippen molar-refractivity contribution < 1.29 is 21.4 Å². The number of hydrogen-bond donors (Lipinski definition) is 0. The van der Waals surface area contributed by atoms with E-state index in [-0.39, 0.29) is 11.8 Å². The summed E-state index contributed by atoms with van der Waals surface area (Å²) in [7, 11) is -4.78. The van der Waals surface area contributed by atoms with Crippen molar-refractivity contribution >= 4 is 10.1 Å². The zero-order chi connectivity index (χ0) is 13.1. The summed E-state index contributed by atoms with van der Waals surface area (Å²) in [5, 5.41) is -3.80. The second kappa shape index (κ2) is 3.88. The van der Waals surface area contributed by atoms with Gasteiger partial charge in [0.25, 0.3) is 0 Å². The van der Waals surface area contributed by atoms with Gasteiger partial charge < -0.3 is 0 Å². The lowest BCUT2D eigenvalue weighted by Crippen LogP contribution is -2.51. The zero-order valence-electron chi connectivity index (χ0n) is 10.3. The minimum absolute atomic E-state index is 0.165. The van der Waals surface area contributed by atoms with Crippen LogP contribution >= 0.6 is 0 Å². The van der Waals surface area contributed by atoms with Gasteiger partial charge >= 0.3 is 15.4 Å². The normalized spacial score (nSPS) is 43.4. The van der Waals surface area contributed by atoms with Gasteiger partial charge in [-0.3, -0.25) is 4.18 Å². The van der Waals surface area contributed by atoms with E-state index in [0.29, 0.717) is 18.8 Å². The monoisotopic (exact) mass is 280 g/mol. The molecule has 4 saturated carbocycles. The fourth-order valence-corrected chi connectivity index (χ4v) is 5.04. The van der Waals surface area contributed by atoms with Crippen LogP contribution in [0.5, 0.6) is 0 Å². The molecule has 0 atom stereocenters. The van der Waals surface area contributed by atoms with E-state index in [0.717, 1.165) is 25.7 Å². The second-order valence-corrected chi connectivity index (χ2v) is 8.07. The molecule has 0 unspecified atom stereocenters. The average molecular weight is 280 g/mol. The fourth-order valence-electron chi connectivity index (χ4n) is 4.26. The third-order valence-corrected chi connectivity index (χ3v) is 6.17. The number of rotatable bonds is 3. The standard InChI is InChI=1S/C12H18F2O3S/c1-12(13,14)18(15,16)17-11-9-3-7-2-8(5-9)6-10(11)4-7/h7-11H,2-6H2,1H3. The quantitative estimate of drug-likeness (QED) is 0.747. The lowest BCUT2D eigenvalue weighted by atomic mass is 9.55. The Balaban J connectivity index is 1.78. The Hall–Kier alpha value is -0.230. The van der Waals surface area contributed by atoms with Crippen molar-refractivity contribution in [3.63, 3.8) is 0 Å². The average Bonchev–Trinajstić information content (AvgIpc) is 2.20. The lowest BCUT2D eigenvalue weighted by Gasteiger charge is -2.53. The first-order chi connectivity index (χ1) is 8.26. The van der Waals surface area contributed by atoms with Crippen LogP contribution in [0.3, 0.4) is 0 Å². The van der Waals surface area contributed by atoms with E-state index in [2.05, 4.69) is 0 Å². The van der Waals surface area contributed by atoms with Crippen LogP contribution in [0.2, 0.25) is 0 Å². The van der Waals surface area contributed by atoms with Crippen LogP contribution in [0.4, 0.5) is 8.78 Å². The molecule has 0 aromatic carbocycles. The van der Waals surface area contributed by atoms with Gasteiger partial charge in [0.15, 0.2) is 0 Å². The first-order valence-corrected chi connectivity index (χ1v) is 7.98. The Bertz CT molecular complexity index is 413. The molecule has 4 fully saturated rings. The van der Waals surface area contributed by atoms with Crippen LogP contribution in [-0.4, -0.2) is 19.8 Å². The highest BCUT2D eigenvalue weighted by Gasteiger charge is 2.52. The molecule has 6 heteroatoms. The molecule has 0 spiro atoms. The van der Waals surface area contributed by atoms with Crippen LogP contribution in [0.25, 0.3) is 0 Å². The molecule has 0 N–H and O–H groups in total. The Labute approximate surface area is 106 Å². The van der Waals surface area contributed by atoms with Crippen LogP contribution < -0.4 is 0 Å². The molecular weight excluding hydrogens is 262 g/mol. The summed E-state index contributed by atoms with van der Waals surface area (Å²) in [5.41, 5.74) is 0. The molecule has 4 aliphatic carbocycles. The van der Waals surface area contributed by atoms with Gasteiger partial charge in [-0.15, -0.1) is 0 Å². The van der Waals surface area contributed by atoms with E-state index in [4.69, 9.17) is 4.18 Å². The van der Waals surface area contributed by atoms with Crippen molar-refractivity contribution in [3.05, 3.63) is 0 Å². The Morgan fingerprint density at radius 3 is 1.83 bits per heavy atom. The van der Waals surface area contributed by atoms with Crippen molar-refractivity contribution in [1.29, 1.82) is 0 Å². The van der Waals surface area contributed by atoms with Gasteiger partial charge in [-0.2, -0.15) is 17.2 Å². The summed E-state index contributed by atoms with van der Waals surface area (Å²) in [5.74, 6) is 1.66. The van der Waals surface area contributed by atoms with E-state index >= 15 is 0 Å². The predicted octanol–water partition coefficient (Wildman–Crippen LogP) is 2.77. The third-order valence-electron chi connectivity index (χ3n) is 4.82. The van der Waals surface area contributed by atoms with E-state index in [1.54, 1.807) is 0 Å². The molecule has 4 bridgehead atoms. The summed E-state index contributed by atoms with van der Waals surface area (Å²) in [4.78, 5) is 0. The van der Waals surface area contributed by atoms with Crippen molar-refractivity contribution in [2.24, 2.45) is 23.7 Å². The smallest absolute Gasteiger partial charge is 0.262 e. The molecule has 0 heterocycles. The number of alkyl halides is 2. The zero-order valence-corrected chi connectivity index (χ0v) is 11.1. The molecule has 4 aliphatic rings. The van der Waals surface area contributed by atoms with E-state index < -0.39 is 21.5 Å². The van der Waals surface area contributed by atoms with Crippen LogP contribution in [0.1, 0.15) is 39.0 Å². The van der Waals surface area contributed by atoms with Crippen molar-refractivity contribution in [1.82, 2.24) is 0 Å². The van der Waals surface area contributed by atoms with Gasteiger partial charge in [-0.05, 0) is 55.8 Å². The molecule has 3 nitrogen and oxygen atoms in total. The topological polar surface area (TPSA) is 43.4 Å². The van der Waals surface area contributed by atoms with Crippen LogP contribution in [0.15, 0.2) is 0 Å². The first kappa shape index (κ1) is 12.8. The van der Waals surface area contributed by atoms with E-state index in [1.807, 2.05) is 0 Å². The number of halogens is 2. The summed E-state index contributed by atoms with van der Waals surface area (Å²) in [6.45, 7) is 0.387. The molecule has 0 radical (unpaired) electrons. The van der Waals surface area contributed by atoms with Gasteiger partial charge in [0.1, 0.15) is 0 Å². The van der Waals surface area contributed by atoms with Gasteiger partial charge in [0, 0.05) is 6.92 Å². The molecule has 0 saturated heterocycles. The maximum absolute atomic E-state index is 13.0. The van der Waals surface area contributed by atoms with Gasteiger partial charge in [0.2, 0.25) is 0 Å². The highest BCUT2D eigenvalue weighted by molar-refractivity contribution is 7.87. The Kier molecular flexibility index (Phi) is 2.76. The minimum atomic E-state index is -4.78.